The number of esters is 1. The van der Waals surface area contributed by atoms with Crippen LogP contribution in [0.15, 0.2) is 12.2 Å². The Morgan fingerprint density at radius 2 is 0.769 bits per heavy atom. The predicted octanol–water partition coefficient (Wildman–Crippen LogP) is 18.2. The summed E-state index contributed by atoms with van der Waals surface area (Å²) in [5.74, 6) is -0.323. The fourth-order valence-corrected chi connectivity index (χ4v) is 9.47. The maximum absolute atomic E-state index is 12.7. The smallest absolute Gasteiger partial charge is 0.457 e. The lowest BCUT2D eigenvalue weighted by molar-refractivity contribution is -0.154. The molecule has 0 amide bonds. The summed E-state index contributed by atoms with van der Waals surface area (Å²) in [7, 11) is -4.28. The lowest BCUT2D eigenvalue weighted by Crippen LogP contribution is -2.28. The summed E-state index contributed by atoms with van der Waals surface area (Å²) in [5, 5.41) is 0. The molecular weight excluding hydrogens is 830 g/mol. The van der Waals surface area contributed by atoms with E-state index in [0.29, 0.717) is 13.0 Å². The highest BCUT2D eigenvalue weighted by molar-refractivity contribution is 7.47. The monoisotopic (exact) mass is 942 g/mol. The number of hydrogen-bond acceptors (Lipinski definition) is 7. The molecule has 0 aliphatic carbocycles. The predicted molar refractivity (Wildman–Crippen MR) is 280 cm³/mol. The van der Waals surface area contributed by atoms with E-state index in [1.165, 1.54) is 250 Å². The number of ether oxygens (including phenoxy) is 2. The van der Waals surface area contributed by atoms with Crippen LogP contribution in [0.5, 0.6) is 0 Å². The molecular formula is C56H112NO7P. The average molecular weight is 942 g/mol. The Bertz CT molecular complexity index is 1010. The van der Waals surface area contributed by atoms with Crippen LogP contribution in [0.4, 0.5) is 0 Å². The van der Waals surface area contributed by atoms with Crippen molar-refractivity contribution in [2.45, 2.75) is 309 Å². The molecule has 0 saturated carbocycles. The molecule has 0 fully saturated rings. The van der Waals surface area contributed by atoms with Crippen LogP contribution in [0.25, 0.3) is 0 Å². The molecule has 0 aromatic carbocycles. The Balaban J connectivity index is 3.84. The SMILES string of the molecule is CCCCCCCCCC/C=C\CCCCCCCCCCCCCC(=O)OC(COCCCCCCCCCCCCCCCCCCCCCCCCC)COP(=O)(O)OCCN. The minimum atomic E-state index is -4.28. The van der Waals surface area contributed by atoms with Gasteiger partial charge in [0.15, 0.2) is 0 Å². The van der Waals surface area contributed by atoms with Gasteiger partial charge in [-0.3, -0.25) is 13.8 Å². The summed E-state index contributed by atoms with van der Waals surface area (Å²) in [6, 6.07) is 0. The van der Waals surface area contributed by atoms with Crippen molar-refractivity contribution < 1.29 is 32.8 Å². The first-order valence-corrected chi connectivity index (χ1v) is 30.2. The van der Waals surface area contributed by atoms with Crippen LogP contribution in [0.3, 0.4) is 0 Å². The fourth-order valence-electron chi connectivity index (χ4n) is 8.70. The molecule has 0 aliphatic rings. The summed E-state index contributed by atoms with van der Waals surface area (Å²) in [5.41, 5.74) is 5.40. The van der Waals surface area contributed by atoms with Gasteiger partial charge in [-0.05, 0) is 38.5 Å². The number of hydrogen-bond donors (Lipinski definition) is 2. The van der Waals surface area contributed by atoms with Crippen molar-refractivity contribution in [3.63, 3.8) is 0 Å². The maximum atomic E-state index is 12.7. The molecule has 0 aromatic heterocycles. The van der Waals surface area contributed by atoms with Crippen molar-refractivity contribution in [3.8, 4) is 0 Å². The maximum Gasteiger partial charge on any atom is 0.472 e. The van der Waals surface area contributed by atoms with Gasteiger partial charge in [0.2, 0.25) is 0 Å². The number of carbonyl (C=O) groups is 1. The molecule has 8 nitrogen and oxygen atoms in total. The number of carbonyl (C=O) groups excluding carboxylic acids is 1. The van der Waals surface area contributed by atoms with Crippen LogP contribution < -0.4 is 5.73 Å². The summed E-state index contributed by atoms with van der Waals surface area (Å²) < 4.78 is 33.7. The minimum Gasteiger partial charge on any atom is -0.457 e. The first-order chi connectivity index (χ1) is 31.9. The van der Waals surface area contributed by atoms with Gasteiger partial charge < -0.3 is 20.1 Å². The minimum absolute atomic E-state index is 0.0915. The number of allylic oxidation sites excluding steroid dienone is 2. The quantitative estimate of drug-likeness (QED) is 0.0268. The Hall–Kier alpha value is -0.760. The topological polar surface area (TPSA) is 117 Å². The van der Waals surface area contributed by atoms with Crippen molar-refractivity contribution >= 4 is 13.8 Å². The Labute approximate surface area is 404 Å². The molecule has 65 heavy (non-hydrogen) atoms. The molecule has 2 unspecified atom stereocenters. The highest BCUT2D eigenvalue weighted by Gasteiger charge is 2.25. The molecule has 0 heterocycles. The zero-order valence-electron chi connectivity index (χ0n) is 43.5. The zero-order valence-corrected chi connectivity index (χ0v) is 44.4. The summed E-state index contributed by atoms with van der Waals surface area (Å²) in [6.07, 6.45) is 62.6. The van der Waals surface area contributed by atoms with Crippen molar-refractivity contribution in [1.82, 2.24) is 0 Å². The second-order valence-electron chi connectivity index (χ2n) is 19.5. The zero-order chi connectivity index (χ0) is 47.3. The van der Waals surface area contributed by atoms with Crippen LogP contribution >= 0.6 is 7.82 Å². The second-order valence-corrected chi connectivity index (χ2v) is 21.0. The van der Waals surface area contributed by atoms with E-state index in [1.807, 2.05) is 0 Å². The molecule has 9 heteroatoms. The third-order valence-corrected chi connectivity index (χ3v) is 13.9. The van der Waals surface area contributed by atoms with Gasteiger partial charge in [-0.2, -0.15) is 0 Å². The Morgan fingerprint density at radius 3 is 1.12 bits per heavy atom. The molecule has 0 rings (SSSR count). The highest BCUT2D eigenvalue weighted by atomic mass is 31.2. The van der Waals surface area contributed by atoms with Gasteiger partial charge in [-0.1, -0.05) is 270 Å². The van der Waals surface area contributed by atoms with E-state index in [-0.39, 0.29) is 32.3 Å². The van der Waals surface area contributed by atoms with E-state index >= 15 is 0 Å². The van der Waals surface area contributed by atoms with E-state index in [0.717, 1.165) is 32.1 Å². The van der Waals surface area contributed by atoms with E-state index in [2.05, 4.69) is 26.0 Å². The molecule has 388 valence electrons. The number of phosphoric ester groups is 1. The van der Waals surface area contributed by atoms with Crippen LogP contribution in [-0.4, -0.2) is 49.9 Å². The average Bonchev–Trinajstić information content (AvgIpc) is 3.30. The van der Waals surface area contributed by atoms with Gasteiger partial charge in [0.25, 0.3) is 0 Å². The van der Waals surface area contributed by atoms with E-state index in [4.69, 9.17) is 24.3 Å². The van der Waals surface area contributed by atoms with Gasteiger partial charge in [0.05, 0.1) is 19.8 Å². The lowest BCUT2D eigenvalue weighted by atomic mass is 10.0. The van der Waals surface area contributed by atoms with Gasteiger partial charge in [0, 0.05) is 19.6 Å². The normalized spacial score (nSPS) is 13.2. The molecule has 0 saturated heterocycles. The van der Waals surface area contributed by atoms with E-state index in [1.54, 1.807) is 0 Å². The van der Waals surface area contributed by atoms with Gasteiger partial charge in [0.1, 0.15) is 6.10 Å². The molecule has 0 bridgehead atoms. The molecule has 0 spiro atoms. The third-order valence-electron chi connectivity index (χ3n) is 12.9. The van der Waals surface area contributed by atoms with Crippen LogP contribution in [0, 0.1) is 0 Å². The van der Waals surface area contributed by atoms with Crippen LogP contribution in [0.2, 0.25) is 0 Å². The van der Waals surface area contributed by atoms with E-state index in [9.17, 15) is 14.3 Å². The van der Waals surface area contributed by atoms with Crippen LogP contribution in [-0.2, 0) is 27.9 Å². The number of phosphoric acid groups is 1. The van der Waals surface area contributed by atoms with Crippen molar-refractivity contribution in [1.29, 1.82) is 0 Å². The fraction of sp³-hybridized carbons (Fsp3) is 0.946. The number of rotatable bonds is 56. The highest BCUT2D eigenvalue weighted by Crippen LogP contribution is 2.43. The second kappa shape index (κ2) is 54.2. The lowest BCUT2D eigenvalue weighted by Gasteiger charge is -2.20. The molecule has 3 N–H and O–H groups in total. The molecule has 0 aromatic rings. The Kier molecular flexibility index (Phi) is 53.6. The number of unbranched alkanes of at least 4 members (excludes halogenated alkanes) is 41. The van der Waals surface area contributed by atoms with E-state index < -0.39 is 13.9 Å². The molecule has 0 radical (unpaired) electrons. The summed E-state index contributed by atoms with van der Waals surface area (Å²) in [6.45, 7) is 5.01. The standard InChI is InChI=1S/C56H112NO7P/c1-3-5-7-9-11-13-15-17-19-21-23-25-27-29-31-33-35-37-39-41-43-45-47-49-56(58)64-55(54-63-65(59,60)62-52-50-57)53-61-51-48-46-44-42-40-38-36-34-32-30-28-26-24-22-20-18-16-14-12-10-8-6-4-2/h21,23,55H,3-20,22,24-54,57H2,1-2H3,(H,59,60)/b23-21-. The number of nitrogens with two attached hydrogens (primary N) is 1. The van der Waals surface area contributed by atoms with Crippen molar-refractivity contribution in [3.05, 3.63) is 12.2 Å². The van der Waals surface area contributed by atoms with Gasteiger partial charge in [-0.25, -0.2) is 4.57 Å². The van der Waals surface area contributed by atoms with Gasteiger partial charge in [-0.15, -0.1) is 0 Å². The van der Waals surface area contributed by atoms with Crippen molar-refractivity contribution in [2.24, 2.45) is 5.73 Å². The Morgan fingerprint density at radius 1 is 0.446 bits per heavy atom. The first kappa shape index (κ1) is 64.2. The summed E-state index contributed by atoms with van der Waals surface area (Å²) >= 11 is 0. The van der Waals surface area contributed by atoms with Crippen molar-refractivity contribution in [2.75, 3.05) is 33.0 Å². The molecule has 2 atom stereocenters. The van der Waals surface area contributed by atoms with Crippen LogP contribution in [0.1, 0.15) is 303 Å². The van der Waals surface area contributed by atoms with Gasteiger partial charge >= 0.3 is 13.8 Å². The largest absolute Gasteiger partial charge is 0.472 e. The first-order valence-electron chi connectivity index (χ1n) is 28.7. The molecule has 0 aliphatic heterocycles. The summed E-state index contributed by atoms with van der Waals surface area (Å²) in [4.78, 5) is 22.7. The third kappa shape index (κ3) is 54.1.